The normalized spacial score (nSPS) is 31.3. The molecule has 0 aliphatic carbocycles. The van der Waals surface area contributed by atoms with Gasteiger partial charge in [0.25, 0.3) is 5.91 Å². The second-order valence-electron chi connectivity index (χ2n) is 3.53. The van der Waals surface area contributed by atoms with Crippen LogP contribution < -0.4 is 5.32 Å². The Labute approximate surface area is 91.7 Å². The van der Waals surface area contributed by atoms with E-state index in [-0.39, 0.29) is 5.91 Å². The van der Waals surface area contributed by atoms with E-state index in [4.69, 9.17) is 0 Å². The average Bonchev–Trinajstić information content (AvgIpc) is 2.55. The van der Waals surface area contributed by atoms with Crippen LogP contribution in [0.5, 0.6) is 0 Å². The minimum Gasteiger partial charge on any atom is -0.328 e. The molecule has 5 heteroatoms. The summed E-state index contributed by atoms with van der Waals surface area (Å²) in [6.45, 7) is 1.71. The summed E-state index contributed by atoms with van der Waals surface area (Å²) in [6.07, 6.45) is 0. The van der Waals surface area contributed by atoms with Gasteiger partial charge < -0.3 is 4.90 Å². The van der Waals surface area contributed by atoms with Crippen molar-refractivity contribution in [2.45, 2.75) is 6.04 Å². The highest BCUT2D eigenvalue weighted by molar-refractivity contribution is 8.03. The lowest BCUT2D eigenvalue weighted by atomic mass is 10.3. The largest absolute Gasteiger partial charge is 0.328 e. The molecule has 1 amide bonds. The van der Waals surface area contributed by atoms with Crippen molar-refractivity contribution in [3.63, 3.8) is 0 Å². The molecule has 75 valence electrons. The maximum absolute atomic E-state index is 11.9. The fraction of sp³-hybridized carbons (Fsp3) is 0.667. The molecule has 3 aliphatic rings. The van der Waals surface area contributed by atoms with Gasteiger partial charge in [0.2, 0.25) is 0 Å². The van der Waals surface area contributed by atoms with Crippen LogP contribution in [0.4, 0.5) is 0 Å². The third-order valence-electron chi connectivity index (χ3n) is 2.75. The van der Waals surface area contributed by atoms with E-state index in [2.05, 4.69) is 5.32 Å². The highest BCUT2D eigenvalue weighted by Crippen LogP contribution is 2.39. The summed E-state index contributed by atoms with van der Waals surface area (Å²) in [5.41, 5.74) is 0.772. The van der Waals surface area contributed by atoms with Crippen LogP contribution in [0.1, 0.15) is 0 Å². The summed E-state index contributed by atoms with van der Waals surface area (Å²) >= 11 is 3.78. The first-order chi connectivity index (χ1) is 6.88. The highest BCUT2D eigenvalue weighted by atomic mass is 32.2. The van der Waals surface area contributed by atoms with E-state index < -0.39 is 0 Å². The quantitative estimate of drug-likeness (QED) is 0.604. The van der Waals surface area contributed by atoms with Crippen LogP contribution in [0.15, 0.2) is 10.6 Å². The number of hydrogen-bond acceptors (Lipinski definition) is 3. The number of fused-ring (bicyclic) bond motifs is 2. The van der Waals surface area contributed by atoms with E-state index in [1.165, 1.54) is 4.91 Å². The average molecular weight is 227 g/mol. The third-order valence-corrected chi connectivity index (χ3v) is 4.93. The van der Waals surface area contributed by atoms with E-state index in [1.807, 2.05) is 28.4 Å². The molecule has 0 saturated carbocycles. The van der Waals surface area contributed by atoms with Crippen LogP contribution in [0, 0.1) is 0 Å². The van der Waals surface area contributed by atoms with Gasteiger partial charge >= 0.3 is 0 Å². The lowest BCUT2D eigenvalue weighted by molar-refractivity contribution is -0.126. The van der Waals surface area contributed by atoms with Crippen molar-refractivity contribution in [2.24, 2.45) is 0 Å². The van der Waals surface area contributed by atoms with Gasteiger partial charge in [-0.05, 0) is 0 Å². The Morgan fingerprint density at radius 1 is 1.43 bits per heavy atom. The molecule has 1 atom stereocenters. The van der Waals surface area contributed by atoms with Crippen LogP contribution >= 0.6 is 23.5 Å². The number of amides is 1. The Kier molecular flexibility index (Phi) is 2.17. The maximum Gasteiger partial charge on any atom is 0.273 e. The van der Waals surface area contributed by atoms with Gasteiger partial charge in [-0.25, -0.2) is 0 Å². The molecule has 0 aromatic heterocycles. The van der Waals surface area contributed by atoms with E-state index >= 15 is 0 Å². The van der Waals surface area contributed by atoms with Gasteiger partial charge in [0, 0.05) is 35.3 Å². The van der Waals surface area contributed by atoms with Crippen LogP contribution in [-0.4, -0.2) is 47.2 Å². The Balaban J connectivity index is 1.96. The summed E-state index contributed by atoms with van der Waals surface area (Å²) in [6, 6.07) is 0.352. The van der Waals surface area contributed by atoms with Gasteiger partial charge in [-0.1, -0.05) is 0 Å². The summed E-state index contributed by atoms with van der Waals surface area (Å²) in [5.74, 6) is 3.36. The number of rotatable bonds is 0. The van der Waals surface area contributed by atoms with Gasteiger partial charge in [-0.2, -0.15) is 11.8 Å². The second kappa shape index (κ2) is 3.38. The molecule has 0 aromatic rings. The monoisotopic (exact) mass is 227 g/mol. The standard InChI is InChI=1S/C9H11N2OS2/c12-9-7-8(14-3-1-10-7)6-5-13-4-2-11(6)9/h6H,1-5H2. The van der Waals surface area contributed by atoms with Crippen LogP contribution in [-0.2, 0) is 4.79 Å². The van der Waals surface area contributed by atoms with Gasteiger partial charge in [0.15, 0.2) is 0 Å². The lowest BCUT2D eigenvalue weighted by Gasteiger charge is -2.30. The first-order valence-electron chi connectivity index (χ1n) is 4.81. The Morgan fingerprint density at radius 2 is 2.36 bits per heavy atom. The summed E-state index contributed by atoms with van der Waals surface area (Å²) in [4.78, 5) is 15.2. The fourth-order valence-electron chi connectivity index (χ4n) is 2.09. The molecule has 3 heterocycles. The molecule has 0 spiro atoms. The van der Waals surface area contributed by atoms with E-state index in [0.717, 1.165) is 36.0 Å². The van der Waals surface area contributed by atoms with Gasteiger partial charge in [-0.3, -0.25) is 10.1 Å². The molecular formula is C9H11N2OS2. The molecule has 0 aromatic carbocycles. The number of carbonyl (C=O) groups excluding carboxylic acids is 1. The van der Waals surface area contributed by atoms with Crippen LogP contribution in [0.25, 0.3) is 0 Å². The van der Waals surface area contributed by atoms with Crippen molar-refractivity contribution in [3.05, 3.63) is 10.6 Å². The van der Waals surface area contributed by atoms with E-state index in [9.17, 15) is 4.79 Å². The lowest BCUT2D eigenvalue weighted by Crippen LogP contribution is -2.42. The zero-order valence-corrected chi connectivity index (χ0v) is 9.37. The van der Waals surface area contributed by atoms with Gasteiger partial charge in [-0.15, -0.1) is 11.8 Å². The predicted molar refractivity (Wildman–Crippen MR) is 59.3 cm³/mol. The molecule has 3 aliphatic heterocycles. The van der Waals surface area contributed by atoms with Crippen molar-refractivity contribution in [1.82, 2.24) is 10.2 Å². The smallest absolute Gasteiger partial charge is 0.273 e. The van der Waals surface area contributed by atoms with Crippen LogP contribution in [0.3, 0.4) is 0 Å². The van der Waals surface area contributed by atoms with Crippen LogP contribution in [0.2, 0.25) is 0 Å². The van der Waals surface area contributed by atoms with Crippen molar-refractivity contribution < 1.29 is 4.79 Å². The topological polar surface area (TPSA) is 34.4 Å². The first-order valence-corrected chi connectivity index (χ1v) is 6.95. The van der Waals surface area contributed by atoms with Gasteiger partial charge in [0.05, 0.1) is 6.04 Å². The van der Waals surface area contributed by atoms with Crippen molar-refractivity contribution in [2.75, 3.05) is 30.3 Å². The van der Waals surface area contributed by atoms with Crippen molar-refractivity contribution in [3.8, 4) is 0 Å². The third kappa shape index (κ3) is 1.18. The van der Waals surface area contributed by atoms with E-state index in [1.54, 1.807) is 0 Å². The van der Waals surface area contributed by atoms with Crippen molar-refractivity contribution >= 4 is 29.4 Å². The number of nitrogens with zero attached hydrogens (tertiary/aromatic N) is 2. The molecular weight excluding hydrogens is 216 g/mol. The molecule has 0 N–H and O–H groups in total. The zero-order chi connectivity index (χ0) is 9.54. The SMILES string of the molecule is O=C1C2=C(SCC[N]2)C2CSCCN12. The molecule has 1 unspecified atom stereocenters. The second-order valence-corrected chi connectivity index (χ2v) is 5.82. The summed E-state index contributed by atoms with van der Waals surface area (Å²) in [7, 11) is 0. The Hall–Kier alpha value is -0.290. The molecule has 3 rings (SSSR count). The Morgan fingerprint density at radius 3 is 3.29 bits per heavy atom. The summed E-state index contributed by atoms with van der Waals surface area (Å²) < 4.78 is 0. The molecule has 3 nitrogen and oxygen atoms in total. The zero-order valence-electron chi connectivity index (χ0n) is 7.73. The minimum absolute atomic E-state index is 0.178. The first kappa shape index (κ1) is 8.97. The number of hydrogen-bond donors (Lipinski definition) is 0. The maximum atomic E-state index is 11.9. The molecule has 14 heavy (non-hydrogen) atoms. The molecule has 1 fully saturated rings. The van der Waals surface area contributed by atoms with E-state index in [0.29, 0.717) is 6.04 Å². The minimum atomic E-state index is 0.178. The molecule has 1 saturated heterocycles. The molecule has 1 radical (unpaired) electrons. The highest BCUT2D eigenvalue weighted by Gasteiger charge is 2.42. The fourth-order valence-corrected chi connectivity index (χ4v) is 4.35. The number of carbonyl (C=O) groups is 1. The van der Waals surface area contributed by atoms with Gasteiger partial charge in [0.1, 0.15) is 5.70 Å². The molecule has 0 bridgehead atoms. The number of thioether (sulfide) groups is 2. The summed E-state index contributed by atoms with van der Waals surface area (Å²) in [5, 5.41) is 4.35. The Bertz CT molecular complexity index is 316. The van der Waals surface area contributed by atoms with Crippen molar-refractivity contribution in [1.29, 1.82) is 0 Å². The predicted octanol–water partition coefficient (Wildman–Crippen LogP) is 0.507.